The fourth-order valence-corrected chi connectivity index (χ4v) is 4.96. The van der Waals surface area contributed by atoms with Crippen LogP contribution in [0, 0.1) is 0 Å². The predicted molar refractivity (Wildman–Crippen MR) is 75.3 cm³/mol. The van der Waals surface area contributed by atoms with Crippen molar-refractivity contribution in [1.82, 2.24) is 9.29 Å². The molecule has 8 nitrogen and oxygen atoms in total. The standard InChI is InChI=1S/C11H15N3O5S2/c1-7(15)13-11-12-6-9(20-11)21(17,18)14-5-3-4-8(14)10(16)19-2/h6,8H,3-5H2,1-2H3,(H,12,13,15). The molecule has 1 aliphatic heterocycles. The second kappa shape index (κ2) is 6.08. The topological polar surface area (TPSA) is 106 Å². The van der Waals surface area contributed by atoms with Crippen LogP contribution in [0.1, 0.15) is 19.8 Å². The first-order valence-electron chi connectivity index (χ1n) is 6.19. The third kappa shape index (κ3) is 3.22. The molecule has 1 atom stereocenters. The van der Waals surface area contributed by atoms with Crippen LogP contribution in [0.3, 0.4) is 0 Å². The van der Waals surface area contributed by atoms with Crippen molar-refractivity contribution in [3.8, 4) is 0 Å². The van der Waals surface area contributed by atoms with Gasteiger partial charge in [0.2, 0.25) is 5.91 Å². The molecule has 1 N–H and O–H groups in total. The summed E-state index contributed by atoms with van der Waals surface area (Å²) in [5.74, 6) is -0.899. The molecular weight excluding hydrogens is 318 g/mol. The second-order valence-corrected chi connectivity index (χ2v) is 7.61. The zero-order valence-corrected chi connectivity index (χ0v) is 13.2. The molecule has 21 heavy (non-hydrogen) atoms. The average Bonchev–Trinajstić information content (AvgIpc) is 3.05. The van der Waals surface area contributed by atoms with Gasteiger partial charge >= 0.3 is 5.97 Å². The molecule has 1 aromatic rings. The number of aromatic nitrogens is 1. The van der Waals surface area contributed by atoms with Gasteiger partial charge in [0, 0.05) is 13.5 Å². The lowest BCUT2D eigenvalue weighted by molar-refractivity contribution is -0.144. The maximum Gasteiger partial charge on any atom is 0.324 e. The Hall–Kier alpha value is -1.52. The zero-order chi connectivity index (χ0) is 15.6. The SMILES string of the molecule is COC(=O)C1CCCN1S(=O)(=O)c1cnc(NC(C)=O)s1. The van der Waals surface area contributed by atoms with E-state index >= 15 is 0 Å². The first-order valence-corrected chi connectivity index (χ1v) is 8.45. The molecule has 2 heterocycles. The number of sulfonamides is 1. The highest BCUT2D eigenvalue weighted by atomic mass is 32.2. The van der Waals surface area contributed by atoms with Crippen LogP contribution >= 0.6 is 11.3 Å². The number of nitrogens with zero attached hydrogens (tertiary/aromatic N) is 2. The Morgan fingerprint density at radius 2 is 2.24 bits per heavy atom. The number of methoxy groups -OCH3 is 1. The molecule has 1 aliphatic rings. The van der Waals surface area contributed by atoms with Crippen LogP contribution < -0.4 is 5.32 Å². The lowest BCUT2D eigenvalue weighted by Gasteiger charge is -2.20. The predicted octanol–water partition coefficient (Wildman–Crippen LogP) is 0.428. The van der Waals surface area contributed by atoms with Crippen molar-refractivity contribution in [3.63, 3.8) is 0 Å². The number of carbonyl (C=O) groups excluding carboxylic acids is 2. The van der Waals surface area contributed by atoms with Gasteiger partial charge in [-0.2, -0.15) is 4.31 Å². The third-order valence-corrected chi connectivity index (χ3v) is 6.27. The molecule has 0 aromatic carbocycles. The summed E-state index contributed by atoms with van der Waals surface area (Å²) < 4.78 is 30.8. The molecule has 0 radical (unpaired) electrons. The van der Waals surface area contributed by atoms with E-state index in [0.717, 1.165) is 15.6 Å². The molecule has 1 saturated heterocycles. The highest BCUT2D eigenvalue weighted by Gasteiger charge is 2.41. The monoisotopic (exact) mass is 333 g/mol. The van der Waals surface area contributed by atoms with E-state index in [1.165, 1.54) is 20.2 Å². The summed E-state index contributed by atoms with van der Waals surface area (Å²) in [5.41, 5.74) is 0. The Bertz CT molecular complexity index is 655. The summed E-state index contributed by atoms with van der Waals surface area (Å²) in [6.07, 6.45) is 2.21. The largest absolute Gasteiger partial charge is 0.468 e. The minimum atomic E-state index is -3.82. The van der Waals surface area contributed by atoms with Crippen molar-refractivity contribution in [3.05, 3.63) is 6.20 Å². The molecule has 10 heteroatoms. The number of ether oxygens (including phenoxy) is 1. The Morgan fingerprint density at radius 3 is 2.86 bits per heavy atom. The van der Waals surface area contributed by atoms with Gasteiger partial charge in [-0.3, -0.25) is 9.59 Å². The van der Waals surface area contributed by atoms with Gasteiger partial charge in [0.25, 0.3) is 10.0 Å². The molecule has 2 rings (SSSR count). The van der Waals surface area contributed by atoms with Crippen LogP contribution in [-0.4, -0.2) is 49.3 Å². The Morgan fingerprint density at radius 1 is 1.52 bits per heavy atom. The molecule has 1 amide bonds. The number of nitrogens with one attached hydrogen (secondary N) is 1. The first kappa shape index (κ1) is 15.9. The highest BCUT2D eigenvalue weighted by Crippen LogP contribution is 2.31. The van der Waals surface area contributed by atoms with Crippen molar-refractivity contribution in [1.29, 1.82) is 0 Å². The Balaban J connectivity index is 2.26. The maximum atomic E-state index is 12.5. The summed E-state index contributed by atoms with van der Waals surface area (Å²) in [7, 11) is -2.59. The molecule has 1 fully saturated rings. The van der Waals surface area contributed by atoms with Crippen molar-refractivity contribution < 1.29 is 22.7 Å². The zero-order valence-electron chi connectivity index (χ0n) is 11.5. The highest BCUT2D eigenvalue weighted by molar-refractivity contribution is 7.91. The minimum absolute atomic E-state index is 0.0120. The lowest BCUT2D eigenvalue weighted by Crippen LogP contribution is -2.40. The summed E-state index contributed by atoms with van der Waals surface area (Å²) >= 11 is 0.852. The van der Waals surface area contributed by atoms with Crippen LogP contribution in [0.4, 0.5) is 5.13 Å². The van der Waals surface area contributed by atoms with Gasteiger partial charge < -0.3 is 10.1 Å². The van der Waals surface area contributed by atoms with E-state index in [1.807, 2.05) is 0 Å². The number of hydrogen-bond acceptors (Lipinski definition) is 7. The van der Waals surface area contributed by atoms with Gasteiger partial charge in [-0.15, -0.1) is 0 Å². The van der Waals surface area contributed by atoms with Crippen molar-refractivity contribution >= 4 is 38.4 Å². The molecule has 116 valence electrons. The summed E-state index contributed by atoms with van der Waals surface area (Å²) in [4.78, 5) is 26.4. The van der Waals surface area contributed by atoms with Gasteiger partial charge in [-0.25, -0.2) is 13.4 Å². The number of rotatable bonds is 4. The molecule has 1 aromatic heterocycles. The molecule has 0 bridgehead atoms. The lowest BCUT2D eigenvalue weighted by atomic mass is 10.2. The van der Waals surface area contributed by atoms with Gasteiger partial charge in [-0.1, -0.05) is 11.3 Å². The molecule has 0 saturated carbocycles. The summed E-state index contributed by atoms with van der Waals surface area (Å²) in [6.45, 7) is 1.57. The smallest absolute Gasteiger partial charge is 0.324 e. The van der Waals surface area contributed by atoms with Crippen LogP contribution in [-0.2, 0) is 24.3 Å². The van der Waals surface area contributed by atoms with Gasteiger partial charge in [-0.05, 0) is 12.8 Å². The fraction of sp³-hybridized carbons (Fsp3) is 0.545. The molecule has 1 unspecified atom stereocenters. The van der Waals surface area contributed by atoms with Gasteiger partial charge in [0.1, 0.15) is 6.04 Å². The van der Waals surface area contributed by atoms with Crippen LogP contribution in [0.5, 0.6) is 0 Å². The third-order valence-electron chi connectivity index (χ3n) is 3.01. The van der Waals surface area contributed by atoms with Crippen LogP contribution in [0.15, 0.2) is 10.4 Å². The van der Waals surface area contributed by atoms with Gasteiger partial charge in [0.15, 0.2) is 9.34 Å². The van der Waals surface area contributed by atoms with E-state index < -0.39 is 22.0 Å². The van der Waals surface area contributed by atoms with Crippen molar-refractivity contribution in [2.45, 2.75) is 30.0 Å². The number of thiazole rings is 1. The average molecular weight is 333 g/mol. The van der Waals surface area contributed by atoms with Crippen molar-refractivity contribution in [2.75, 3.05) is 19.0 Å². The number of hydrogen-bond donors (Lipinski definition) is 1. The Kier molecular flexibility index (Phi) is 4.59. The number of carbonyl (C=O) groups is 2. The van der Waals surface area contributed by atoms with E-state index in [2.05, 4.69) is 15.0 Å². The molecule has 0 aliphatic carbocycles. The van der Waals surface area contributed by atoms with Crippen molar-refractivity contribution in [2.24, 2.45) is 0 Å². The number of amides is 1. The maximum absolute atomic E-state index is 12.5. The quantitative estimate of drug-likeness (QED) is 0.801. The normalized spacial score (nSPS) is 19.4. The summed E-state index contributed by atoms with van der Waals surface area (Å²) in [5, 5.41) is 2.63. The van der Waals surface area contributed by atoms with E-state index in [4.69, 9.17) is 0 Å². The number of esters is 1. The molecule has 0 spiro atoms. The van der Waals surface area contributed by atoms with E-state index in [0.29, 0.717) is 12.8 Å². The fourth-order valence-electron chi connectivity index (χ4n) is 2.10. The van der Waals surface area contributed by atoms with E-state index in [-0.39, 0.29) is 21.8 Å². The first-order chi connectivity index (χ1) is 9.86. The molecular formula is C11H15N3O5S2. The Labute approximate surface area is 126 Å². The second-order valence-electron chi connectivity index (χ2n) is 4.46. The number of anilines is 1. The van der Waals surface area contributed by atoms with Crippen LogP contribution in [0.25, 0.3) is 0 Å². The summed E-state index contributed by atoms with van der Waals surface area (Å²) in [6, 6.07) is -0.800. The van der Waals surface area contributed by atoms with E-state index in [1.54, 1.807) is 0 Å². The van der Waals surface area contributed by atoms with Gasteiger partial charge in [0.05, 0.1) is 13.3 Å². The van der Waals surface area contributed by atoms with E-state index in [9.17, 15) is 18.0 Å². The minimum Gasteiger partial charge on any atom is -0.468 e. The van der Waals surface area contributed by atoms with Crippen LogP contribution in [0.2, 0.25) is 0 Å².